The van der Waals surface area contributed by atoms with Crippen molar-refractivity contribution in [3.63, 3.8) is 0 Å². The molecule has 3 rings (SSSR count). The van der Waals surface area contributed by atoms with E-state index in [2.05, 4.69) is 48.1 Å². The average molecular weight is 360 g/mol. The van der Waals surface area contributed by atoms with Gasteiger partial charge in [0.2, 0.25) is 11.9 Å². The van der Waals surface area contributed by atoms with Gasteiger partial charge in [-0.15, -0.1) is 0 Å². The predicted molar refractivity (Wildman–Crippen MR) is 105 cm³/mol. The van der Waals surface area contributed by atoms with E-state index in [1.165, 1.54) is 0 Å². The lowest BCUT2D eigenvalue weighted by atomic mass is 9.92. The van der Waals surface area contributed by atoms with Crippen LogP contribution in [0.5, 0.6) is 0 Å². The summed E-state index contributed by atoms with van der Waals surface area (Å²) in [5.41, 5.74) is 1.30. The van der Waals surface area contributed by atoms with E-state index in [1.807, 2.05) is 0 Å². The van der Waals surface area contributed by atoms with Crippen LogP contribution in [0.2, 0.25) is 0 Å². The molecule has 0 bridgehead atoms. The molecule has 0 aliphatic heterocycles. The summed E-state index contributed by atoms with van der Waals surface area (Å²) in [7, 11) is 3.56. The Hall–Kier alpha value is -2.42. The number of hydrogen-bond donors (Lipinski definition) is 5. The van der Waals surface area contributed by atoms with Gasteiger partial charge in [-0.1, -0.05) is 19.8 Å². The topological polar surface area (TPSA) is 120 Å². The third-order valence-corrected chi connectivity index (χ3v) is 4.58. The Morgan fingerprint density at radius 1 is 0.923 bits per heavy atom. The Kier molecular flexibility index (Phi) is 5.87. The summed E-state index contributed by atoms with van der Waals surface area (Å²) in [6, 6.07) is -0.0355. The van der Waals surface area contributed by atoms with Crippen LogP contribution in [0.15, 0.2) is 0 Å². The minimum atomic E-state index is -0.380. The summed E-state index contributed by atoms with van der Waals surface area (Å²) in [4.78, 5) is 18.2. The molecule has 0 spiro atoms. The van der Waals surface area contributed by atoms with Crippen molar-refractivity contribution in [2.45, 2.75) is 51.2 Å². The third-order valence-electron chi connectivity index (χ3n) is 4.58. The zero-order valence-corrected chi connectivity index (χ0v) is 15.6. The Morgan fingerprint density at radius 3 is 2.15 bits per heavy atom. The van der Waals surface area contributed by atoms with Crippen molar-refractivity contribution in [1.82, 2.24) is 19.9 Å². The molecule has 2 aromatic heterocycles. The second-order valence-corrected chi connectivity index (χ2v) is 6.52. The molecule has 1 aliphatic carbocycles. The van der Waals surface area contributed by atoms with Crippen LogP contribution < -0.4 is 21.3 Å². The molecular weight excluding hydrogens is 332 g/mol. The number of aliphatic hydroxyl groups is 1. The maximum atomic E-state index is 10.3. The molecule has 0 saturated heterocycles. The number of aliphatic hydroxyl groups excluding tert-OH is 1. The maximum Gasteiger partial charge on any atom is 0.225 e. The van der Waals surface area contributed by atoms with E-state index in [0.717, 1.165) is 38.6 Å². The van der Waals surface area contributed by atoms with E-state index in [9.17, 15) is 5.11 Å². The predicted octanol–water partition coefficient (Wildman–Crippen LogP) is 2.04. The Balaban J connectivity index is 2.07. The zero-order valence-electron chi connectivity index (χ0n) is 15.6. The molecule has 1 saturated carbocycles. The molecule has 0 amide bonds. The number of anilines is 4. The monoisotopic (exact) mass is 360 g/mol. The van der Waals surface area contributed by atoms with Crippen molar-refractivity contribution in [2.24, 2.45) is 0 Å². The summed E-state index contributed by atoms with van der Waals surface area (Å²) in [6.45, 7) is 2.89. The van der Waals surface area contributed by atoms with Crippen LogP contribution in [0.25, 0.3) is 11.0 Å². The highest BCUT2D eigenvalue weighted by Gasteiger charge is 2.25. The van der Waals surface area contributed by atoms with Crippen molar-refractivity contribution >= 4 is 34.6 Å². The van der Waals surface area contributed by atoms with Gasteiger partial charge >= 0.3 is 0 Å². The summed E-state index contributed by atoms with van der Waals surface area (Å²) in [5.74, 6) is 2.28. The summed E-state index contributed by atoms with van der Waals surface area (Å²) >= 11 is 0. The summed E-state index contributed by atoms with van der Waals surface area (Å²) in [5, 5.41) is 23.0. The van der Waals surface area contributed by atoms with Gasteiger partial charge in [0.15, 0.2) is 11.6 Å². The first-order valence-electron chi connectivity index (χ1n) is 9.30. The molecule has 0 aromatic carbocycles. The first-order chi connectivity index (χ1) is 12.7. The van der Waals surface area contributed by atoms with Crippen LogP contribution in [0.1, 0.15) is 39.0 Å². The highest BCUT2D eigenvalue weighted by atomic mass is 16.3. The number of rotatable bonds is 7. The van der Waals surface area contributed by atoms with Crippen LogP contribution in [-0.4, -0.2) is 57.8 Å². The number of fused-ring (bicyclic) bond motifs is 1. The molecule has 142 valence electrons. The van der Waals surface area contributed by atoms with Crippen LogP contribution in [0.4, 0.5) is 23.5 Å². The molecule has 1 aliphatic rings. The molecule has 0 unspecified atom stereocenters. The highest BCUT2D eigenvalue weighted by molar-refractivity contribution is 5.94. The molecule has 1 fully saturated rings. The standard InChI is InChI=1S/C17H28N8O/c1-4-9-20-14-12-13(23-16(18-2)24-14)15(25-17(19-3)22-12)21-10-7-5-6-8-11(10)26/h10-11,26H,4-9H2,1-3H3,(H2,18,20,23,24)(H2,19,21,22,25)/t10-,11-/m1/s1. The number of nitrogens with one attached hydrogen (secondary N) is 4. The smallest absolute Gasteiger partial charge is 0.225 e. The maximum absolute atomic E-state index is 10.3. The van der Waals surface area contributed by atoms with E-state index in [0.29, 0.717) is 34.6 Å². The highest BCUT2D eigenvalue weighted by Crippen LogP contribution is 2.29. The number of aromatic nitrogens is 4. The van der Waals surface area contributed by atoms with Gasteiger partial charge in [-0.3, -0.25) is 0 Å². The van der Waals surface area contributed by atoms with Gasteiger partial charge in [-0.05, 0) is 19.3 Å². The van der Waals surface area contributed by atoms with Gasteiger partial charge < -0.3 is 26.4 Å². The fourth-order valence-electron chi connectivity index (χ4n) is 3.16. The average Bonchev–Trinajstić information content (AvgIpc) is 2.67. The first-order valence-corrected chi connectivity index (χ1v) is 9.30. The van der Waals surface area contributed by atoms with Gasteiger partial charge in [-0.2, -0.15) is 9.97 Å². The lowest BCUT2D eigenvalue weighted by Gasteiger charge is -2.29. The van der Waals surface area contributed by atoms with Crippen LogP contribution in [-0.2, 0) is 0 Å². The molecule has 5 N–H and O–H groups in total. The fraction of sp³-hybridized carbons (Fsp3) is 0.647. The zero-order chi connectivity index (χ0) is 18.5. The van der Waals surface area contributed by atoms with Crippen molar-refractivity contribution < 1.29 is 5.11 Å². The lowest BCUT2D eigenvalue weighted by molar-refractivity contribution is 0.116. The minimum absolute atomic E-state index is 0.0355. The van der Waals surface area contributed by atoms with E-state index < -0.39 is 0 Å². The molecule has 26 heavy (non-hydrogen) atoms. The minimum Gasteiger partial charge on any atom is -0.391 e. The lowest BCUT2D eigenvalue weighted by Crippen LogP contribution is -2.36. The van der Waals surface area contributed by atoms with Crippen molar-refractivity contribution in [3.8, 4) is 0 Å². The van der Waals surface area contributed by atoms with E-state index in [-0.39, 0.29) is 12.1 Å². The van der Waals surface area contributed by atoms with Crippen LogP contribution in [0, 0.1) is 0 Å². The second-order valence-electron chi connectivity index (χ2n) is 6.52. The molecule has 0 radical (unpaired) electrons. The van der Waals surface area contributed by atoms with Gasteiger partial charge in [-0.25, -0.2) is 9.97 Å². The number of nitrogens with zero attached hydrogens (tertiary/aromatic N) is 4. The molecule has 2 atom stereocenters. The van der Waals surface area contributed by atoms with Crippen molar-refractivity contribution in [3.05, 3.63) is 0 Å². The Morgan fingerprint density at radius 2 is 1.54 bits per heavy atom. The largest absolute Gasteiger partial charge is 0.391 e. The Bertz CT molecular complexity index is 753. The normalized spacial score (nSPS) is 20.0. The van der Waals surface area contributed by atoms with Gasteiger partial charge in [0.05, 0.1) is 12.1 Å². The SMILES string of the molecule is CCCNc1nc(NC)nc2c(N[C@@H]3CCCC[C@H]3O)nc(NC)nc12. The van der Waals surface area contributed by atoms with E-state index in [1.54, 1.807) is 14.1 Å². The van der Waals surface area contributed by atoms with Gasteiger partial charge in [0, 0.05) is 20.6 Å². The number of hydrogen-bond acceptors (Lipinski definition) is 9. The Labute approximate surface area is 153 Å². The summed E-state index contributed by atoms with van der Waals surface area (Å²) < 4.78 is 0. The van der Waals surface area contributed by atoms with Crippen molar-refractivity contribution in [1.29, 1.82) is 0 Å². The molecule has 2 aromatic rings. The first kappa shape index (κ1) is 18.4. The molecular formula is C17H28N8O. The second kappa shape index (κ2) is 8.31. The van der Waals surface area contributed by atoms with E-state index in [4.69, 9.17) is 0 Å². The van der Waals surface area contributed by atoms with Crippen LogP contribution >= 0.6 is 0 Å². The van der Waals surface area contributed by atoms with E-state index >= 15 is 0 Å². The van der Waals surface area contributed by atoms with Gasteiger partial charge in [0.25, 0.3) is 0 Å². The molecule has 9 heteroatoms. The fourth-order valence-corrected chi connectivity index (χ4v) is 3.16. The quantitative estimate of drug-likeness (QED) is 0.505. The third kappa shape index (κ3) is 3.87. The van der Waals surface area contributed by atoms with Crippen molar-refractivity contribution in [2.75, 3.05) is 41.9 Å². The summed E-state index contributed by atoms with van der Waals surface area (Å²) in [6.07, 6.45) is 4.46. The molecule has 9 nitrogen and oxygen atoms in total. The van der Waals surface area contributed by atoms with Gasteiger partial charge in [0.1, 0.15) is 11.0 Å². The molecule has 2 heterocycles. The van der Waals surface area contributed by atoms with Crippen LogP contribution in [0.3, 0.4) is 0 Å².